The van der Waals surface area contributed by atoms with Gasteiger partial charge in [-0.05, 0) is 25.2 Å². The van der Waals surface area contributed by atoms with Crippen molar-refractivity contribution in [3.63, 3.8) is 0 Å². The number of para-hydroxylation sites is 1. The summed E-state index contributed by atoms with van der Waals surface area (Å²) < 4.78 is 7.16. The van der Waals surface area contributed by atoms with Crippen LogP contribution in [0, 0.1) is 10.1 Å². The van der Waals surface area contributed by atoms with Gasteiger partial charge in [-0.1, -0.05) is 12.1 Å². The molecule has 0 unspecified atom stereocenters. The summed E-state index contributed by atoms with van der Waals surface area (Å²) in [6.07, 6.45) is 3.22. The van der Waals surface area contributed by atoms with Gasteiger partial charge in [-0.2, -0.15) is 10.1 Å². The van der Waals surface area contributed by atoms with Gasteiger partial charge in [0.25, 0.3) is 5.69 Å². The molecule has 0 aliphatic rings. The van der Waals surface area contributed by atoms with Crippen molar-refractivity contribution < 1.29 is 9.66 Å². The second-order valence-electron chi connectivity index (χ2n) is 8.13. The maximum absolute atomic E-state index is 11.9. The Kier molecular flexibility index (Phi) is 7.74. The van der Waals surface area contributed by atoms with Crippen LogP contribution in [0.15, 0.2) is 55.0 Å². The number of nitro benzene ring substituents is 1. The van der Waals surface area contributed by atoms with Crippen molar-refractivity contribution in [2.24, 2.45) is 7.05 Å². The predicted molar refractivity (Wildman–Crippen MR) is 142 cm³/mol. The molecule has 0 aliphatic carbocycles. The van der Waals surface area contributed by atoms with Gasteiger partial charge in [0.2, 0.25) is 5.95 Å². The molecule has 37 heavy (non-hydrogen) atoms. The topological polar surface area (TPSA) is 148 Å². The molecule has 13 heteroatoms. The lowest BCUT2D eigenvalue weighted by Gasteiger charge is -2.21. The molecule has 3 N–H and O–H groups in total. The van der Waals surface area contributed by atoms with Crippen LogP contribution >= 0.6 is 0 Å². The van der Waals surface area contributed by atoms with Crippen molar-refractivity contribution in [1.29, 1.82) is 0 Å². The first kappa shape index (κ1) is 25.3. The largest absolute Gasteiger partial charge is 0.494 e. The summed E-state index contributed by atoms with van der Waals surface area (Å²) >= 11 is 0. The van der Waals surface area contributed by atoms with Crippen LogP contribution in [-0.2, 0) is 7.05 Å². The Morgan fingerprint density at radius 2 is 1.95 bits per heavy atom. The Morgan fingerprint density at radius 1 is 1.14 bits per heavy atom. The number of aryl methyl sites for hydroxylation is 1. The monoisotopic (exact) mass is 504 g/mol. The number of likely N-dealkylation sites (N-methyl/N-ethyl adjacent to an activating group) is 2. The molecule has 0 spiro atoms. The Morgan fingerprint density at radius 3 is 2.65 bits per heavy atom. The van der Waals surface area contributed by atoms with Crippen molar-refractivity contribution >= 4 is 34.5 Å². The van der Waals surface area contributed by atoms with Gasteiger partial charge in [-0.25, -0.2) is 9.97 Å². The van der Waals surface area contributed by atoms with E-state index in [0.29, 0.717) is 41.9 Å². The van der Waals surface area contributed by atoms with E-state index in [1.165, 1.54) is 13.2 Å². The number of hydrogen-bond acceptors (Lipinski definition) is 11. The van der Waals surface area contributed by atoms with Gasteiger partial charge in [0.15, 0.2) is 5.82 Å². The predicted octanol–water partition coefficient (Wildman–Crippen LogP) is 3.33. The van der Waals surface area contributed by atoms with E-state index >= 15 is 0 Å². The maximum Gasteiger partial charge on any atom is 0.294 e. The fourth-order valence-electron chi connectivity index (χ4n) is 3.67. The molecule has 2 aromatic heterocycles. The third kappa shape index (κ3) is 5.90. The van der Waals surface area contributed by atoms with Crippen molar-refractivity contribution in [2.45, 2.75) is 0 Å². The minimum absolute atomic E-state index is 0.0621. The van der Waals surface area contributed by atoms with Crippen LogP contribution in [0.5, 0.6) is 5.75 Å². The Bertz CT molecular complexity index is 1390. The highest BCUT2D eigenvalue weighted by Crippen LogP contribution is 2.39. The Balaban J connectivity index is 1.62. The molecule has 0 atom stereocenters. The summed E-state index contributed by atoms with van der Waals surface area (Å²) in [5.74, 6) is 1.75. The van der Waals surface area contributed by atoms with Crippen LogP contribution in [0.25, 0.3) is 11.4 Å². The zero-order chi connectivity index (χ0) is 26.4. The molecule has 0 amide bonds. The first-order valence-electron chi connectivity index (χ1n) is 11.4. The number of ether oxygens (including phenoxy) is 1. The Labute approximate surface area is 213 Å². The van der Waals surface area contributed by atoms with Crippen LogP contribution in [0.3, 0.4) is 0 Å². The number of anilines is 5. The van der Waals surface area contributed by atoms with E-state index in [9.17, 15) is 10.1 Å². The molecule has 4 aromatic rings. The molecule has 2 aromatic carbocycles. The summed E-state index contributed by atoms with van der Waals surface area (Å²) in [6.45, 7) is 1.25. The number of nitrogens with one attached hydrogen (secondary N) is 3. The summed E-state index contributed by atoms with van der Waals surface area (Å²) in [5, 5.41) is 25.6. The van der Waals surface area contributed by atoms with Crippen molar-refractivity contribution in [2.75, 3.05) is 49.8 Å². The fourth-order valence-corrected chi connectivity index (χ4v) is 3.67. The molecule has 4 rings (SSSR count). The Hall–Kier alpha value is -4.78. The summed E-state index contributed by atoms with van der Waals surface area (Å²) in [4.78, 5) is 26.4. The average molecular weight is 505 g/mol. The van der Waals surface area contributed by atoms with E-state index < -0.39 is 4.92 Å². The van der Waals surface area contributed by atoms with Gasteiger partial charge in [0.05, 0.1) is 23.4 Å². The number of aromatic nitrogens is 5. The van der Waals surface area contributed by atoms with Gasteiger partial charge in [-0.3, -0.25) is 14.8 Å². The number of benzene rings is 2. The van der Waals surface area contributed by atoms with Gasteiger partial charge >= 0.3 is 0 Å². The normalized spacial score (nSPS) is 10.7. The highest BCUT2D eigenvalue weighted by atomic mass is 16.6. The first-order valence-corrected chi connectivity index (χ1v) is 11.4. The highest BCUT2D eigenvalue weighted by molar-refractivity contribution is 5.78. The number of methoxy groups -OCH3 is 1. The molecule has 0 fully saturated rings. The summed E-state index contributed by atoms with van der Waals surface area (Å²) in [6, 6.07) is 12.4. The van der Waals surface area contributed by atoms with E-state index in [4.69, 9.17) is 4.74 Å². The molecule has 0 bridgehead atoms. The zero-order valence-corrected chi connectivity index (χ0v) is 21.0. The van der Waals surface area contributed by atoms with Crippen LogP contribution in [-0.4, -0.2) is 64.0 Å². The van der Waals surface area contributed by atoms with E-state index in [-0.39, 0.29) is 11.6 Å². The van der Waals surface area contributed by atoms with E-state index in [2.05, 4.69) is 36.0 Å². The highest BCUT2D eigenvalue weighted by Gasteiger charge is 2.22. The second-order valence-corrected chi connectivity index (χ2v) is 8.13. The van der Waals surface area contributed by atoms with E-state index in [0.717, 1.165) is 11.3 Å². The third-order valence-corrected chi connectivity index (χ3v) is 5.53. The molecule has 192 valence electrons. The number of nitrogens with zero attached hydrogens (tertiary/aromatic N) is 7. The van der Waals surface area contributed by atoms with Crippen LogP contribution in [0.2, 0.25) is 0 Å². The van der Waals surface area contributed by atoms with Crippen molar-refractivity contribution in [3.8, 4) is 17.1 Å². The number of hydrogen-bond donors (Lipinski definition) is 3. The molecular formula is C24H28N10O3. The van der Waals surface area contributed by atoms with Crippen LogP contribution in [0.4, 0.5) is 34.5 Å². The first-order chi connectivity index (χ1) is 17.9. The minimum Gasteiger partial charge on any atom is -0.494 e. The lowest BCUT2D eigenvalue weighted by Crippen LogP contribution is -2.27. The standard InChI is InChI=1S/C24H28N10O3/c1-25-11-12-32(2)19-14-21(37-4)18(13-20(19)34(35)36)29-24-26-10-9-22(30-24)28-17-8-6-5-7-16(17)23-27-15-33(3)31-23/h5-10,13-15,25H,11-12H2,1-4H3,(H2,26,28,29,30). The van der Waals surface area contributed by atoms with E-state index in [1.54, 1.807) is 48.3 Å². The quantitative estimate of drug-likeness (QED) is 0.204. The number of nitro groups is 1. The summed E-state index contributed by atoms with van der Waals surface area (Å²) in [7, 11) is 6.93. The van der Waals surface area contributed by atoms with Gasteiger partial charge in [0.1, 0.15) is 23.6 Å². The second kappa shape index (κ2) is 11.3. The van der Waals surface area contributed by atoms with Crippen LogP contribution < -0.4 is 25.6 Å². The SMILES string of the molecule is CNCCN(C)c1cc(OC)c(Nc2nccc(Nc3ccccc3-c3ncn(C)n3)n2)cc1[N+](=O)[O-]. The van der Waals surface area contributed by atoms with Gasteiger partial charge < -0.3 is 25.6 Å². The lowest BCUT2D eigenvalue weighted by atomic mass is 10.1. The smallest absolute Gasteiger partial charge is 0.294 e. The molecule has 0 radical (unpaired) electrons. The zero-order valence-electron chi connectivity index (χ0n) is 21.0. The lowest BCUT2D eigenvalue weighted by molar-refractivity contribution is -0.384. The fraction of sp³-hybridized carbons (Fsp3) is 0.250. The van der Waals surface area contributed by atoms with Crippen LogP contribution in [0.1, 0.15) is 0 Å². The van der Waals surface area contributed by atoms with Crippen molar-refractivity contribution in [3.05, 3.63) is 65.1 Å². The van der Waals surface area contributed by atoms with Crippen molar-refractivity contribution in [1.82, 2.24) is 30.0 Å². The van der Waals surface area contributed by atoms with Gasteiger partial charge in [0, 0.05) is 51.1 Å². The molecule has 13 nitrogen and oxygen atoms in total. The van der Waals surface area contributed by atoms with Gasteiger partial charge in [-0.15, -0.1) is 0 Å². The molecule has 0 saturated heterocycles. The van der Waals surface area contributed by atoms with E-state index in [1.807, 2.05) is 31.3 Å². The molecule has 2 heterocycles. The third-order valence-electron chi connectivity index (χ3n) is 5.53. The molecule has 0 aliphatic heterocycles. The molecule has 0 saturated carbocycles. The minimum atomic E-state index is -0.419. The summed E-state index contributed by atoms with van der Waals surface area (Å²) in [5.41, 5.74) is 2.33. The molecular weight excluding hydrogens is 476 g/mol. The number of rotatable bonds is 11. The average Bonchev–Trinajstić information content (AvgIpc) is 3.33. The maximum atomic E-state index is 11.9.